The summed E-state index contributed by atoms with van der Waals surface area (Å²) in [5.41, 5.74) is 0.200. The van der Waals surface area contributed by atoms with Crippen LogP contribution in [0.15, 0.2) is 18.2 Å². The molecule has 0 spiro atoms. The molecule has 1 rings (SSSR count). The molecule has 0 saturated heterocycles. The molecule has 108 valence electrons. The SMILES string of the molecule is CCN(C)C(=O)C(C)Nc1ccc(C=O)cc1[N+](=O)[O-]. The van der Waals surface area contributed by atoms with E-state index in [1.54, 1.807) is 14.0 Å². The summed E-state index contributed by atoms with van der Waals surface area (Å²) in [5.74, 6) is -0.165. The minimum Gasteiger partial charge on any atom is -0.368 e. The maximum Gasteiger partial charge on any atom is 0.293 e. The third kappa shape index (κ3) is 3.53. The van der Waals surface area contributed by atoms with E-state index in [1.165, 1.54) is 23.1 Å². The molecule has 1 unspecified atom stereocenters. The van der Waals surface area contributed by atoms with Crippen molar-refractivity contribution in [1.82, 2.24) is 4.90 Å². The van der Waals surface area contributed by atoms with Crippen LogP contribution in [0.1, 0.15) is 24.2 Å². The first-order valence-corrected chi connectivity index (χ1v) is 6.15. The highest BCUT2D eigenvalue weighted by molar-refractivity contribution is 5.86. The lowest BCUT2D eigenvalue weighted by Crippen LogP contribution is -2.38. The van der Waals surface area contributed by atoms with Crippen molar-refractivity contribution < 1.29 is 14.5 Å². The highest BCUT2D eigenvalue weighted by Crippen LogP contribution is 2.25. The van der Waals surface area contributed by atoms with Crippen LogP contribution in [0.4, 0.5) is 11.4 Å². The summed E-state index contributed by atoms with van der Waals surface area (Å²) < 4.78 is 0. The van der Waals surface area contributed by atoms with Crippen molar-refractivity contribution in [2.45, 2.75) is 19.9 Å². The van der Waals surface area contributed by atoms with Gasteiger partial charge < -0.3 is 10.2 Å². The number of rotatable bonds is 6. The van der Waals surface area contributed by atoms with Gasteiger partial charge in [0.25, 0.3) is 5.69 Å². The van der Waals surface area contributed by atoms with Gasteiger partial charge >= 0.3 is 0 Å². The van der Waals surface area contributed by atoms with Crippen LogP contribution in [-0.2, 0) is 4.79 Å². The highest BCUT2D eigenvalue weighted by Gasteiger charge is 2.21. The number of nitrogens with zero attached hydrogens (tertiary/aromatic N) is 2. The second-order valence-corrected chi connectivity index (χ2v) is 4.37. The molecule has 0 aliphatic rings. The topological polar surface area (TPSA) is 92.6 Å². The molecule has 1 aromatic rings. The molecule has 0 saturated carbocycles. The molecule has 20 heavy (non-hydrogen) atoms. The smallest absolute Gasteiger partial charge is 0.293 e. The number of carbonyl (C=O) groups is 2. The first kappa shape index (κ1) is 15.6. The lowest BCUT2D eigenvalue weighted by atomic mass is 10.1. The quantitative estimate of drug-likeness (QED) is 0.486. The van der Waals surface area contributed by atoms with Gasteiger partial charge in [0.1, 0.15) is 18.0 Å². The summed E-state index contributed by atoms with van der Waals surface area (Å²) in [6.45, 7) is 4.02. The number of benzene rings is 1. The highest BCUT2D eigenvalue weighted by atomic mass is 16.6. The predicted octanol–water partition coefficient (Wildman–Crippen LogP) is 1.69. The number of amides is 1. The van der Waals surface area contributed by atoms with E-state index in [-0.39, 0.29) is 22.8 Å². The second kappa shape index (κ2) is 6.65. The molecular weight excluding hydrogens is 262 g/mol. The van der Waals surface area contributed by atoms with Gasteiger partial charge in [-0.3, -0.25) is 19.7 Å². The predicted molar refractivity (Wildman–Crippen MR) is 74.9 cm³/mol. The van der Waals surface area contributed by atoms with E-state index in [1.807, 2.05) is 6.92 Å². The van der Waals surface area contributed by atoms with Crippen LogP contribution in [0.3, 0.4) is 0 Å². The van der Waals surface area contributed by atoms with E-state index in [2.05, 4.69) is 5.32 Å². The molecule has 0 heterocycles. The number of nitro groups is 1. The lowest BCUT2D eigenvalue weighted by molar-refractivity contribution is -0.384. The fraction of sp³-hybridized carbons (Fsp3) is 0.385. The Morgan fingerprint density at radius 2 is 2.20 bits per heavy atom. The zero-order valence-corrected chi connectivity index (χ0v) is 11.6. The maximum absolute atomic E-state index is 11.9. The largest absolute Gasteiger partial charge is 0.368 e. The Hall–Kier alpha value is -2.44. The second-order valence-electron chi connectivity index (χ2n) is 4.37. The summed E-state index contributed by atoms with van der Waals surface area (Å²) in [7, 11) is 1.66. The van der Waals surface area contributed by atoms with Crippen molar-refractivity contribution in [3.63, 3.8) is 0 Å². The monoisotopic (exact) mass is 279 g/mol. The number of likely N-dealkylation sites (N-methyl/N-ethyl adjacent to an activating group) is 1. The minimum absolute atomic E-state index is 0.165. The normalized spacial score (nSPS) is 11.6. The zero-order chi connectivity index (χ0) is 15.3. The number of nitro benzene ring substituents is 1. The summed E-state index contributed by atoms with van der Waals surface area (Å²) in [4.78, 5) is 34.5. The van der Waals surface area contributed by atoms with Crippen molar-refractivity contribution in [3.05, 3.63) is 33.9 Å². The average molecular weight is 279 g/mol. The third-order valence-electron chi connectivity index (χ3n) is 2.95. The van der Waals surface area contributed by atoms with Crippen LogP contribution < -0.4 is 5.32 Å². The number of aldehydes is 1. The molecular formula is C13H17N3O4. The van der Waals surface area contributed by atoms with Crippen LogP contribution in [0.25, 0.3) is 0 Å². The van der Waals surface area contributed by atoms with Gasteiger partial charge in [-0.15, -0.1) is 0 Å². The minimum atomic E-state index is -0.597. The van der Waals surface area contributed by atoms with Crippen LogP contribution in [-0.4, -0.2) is 41.7 Å². The number of carbonyl (C=O) groups excluding carboxylic acids is 2. The summed E-state index contributed by atoms with van der Waals surface area (Å²) in [6.07, 6.45) is 0.538. The van der Waals surface area contributed by atoms with Gasteiger partial charge in [0, 0.05) is 25.2 Å². The lowest BCUT2D eigenvalue weighted by Gasteiger charge is -2.21. The maximum atomic E-state index is 11.9. The van der Waals surface area contributed by atoms with Crippen molar-refractivity contribution in [2.75, 3.05) is 18.9 Å². The molecule has 1 atom stereocenters. The molecule has 0 aromatic heterocycles. The fourth-order valence-corrected chi connectivity index (χ4v) is 1.68. The Morgan fingerprint density at radius 1 is 1.55 bits per heavy atom. The van der Waals surface area contributed by atoms with Gasteiger partial charge in [-0.2, -0.15) is 0 Å². The summed E-state index contributed by atoms with van der Waals surface area (Å²) >= 11 is 0. The molecule has 0 fully saturated rings. The van der Waals surface area contributed by atoms with Crippen molar-refractivity contribution >= 4 is 23.6 Å². The van der Waals surface area contributed by atoms with E-state index in [9.17, 15) is 19.7 Å². The first-order chi connectivity index (χ1) is 9.40. The molecule has 0 aliphatic carbocycles. The molecule has 1 N–H and O–H groups in total. The molecule has 0 bridgehead atoms. The molecule has 0 radical (unpaired) electrons. The van der Waals surface area contributed by atoms with Crippen molar-refractivity contribution in [3.8, 4) is 0 Å². The fourth-order valence-electron chi connectivity index (χ4n) is 1.68. The third-order valence-corrected chi connectivity index (χ3v) is 2.95. The van der Waals surface area contributed by atoms with Crippen LogP contribution in [0.2, 0.25) is 0 Å². The first-order valence-electron chi connectivity index (χ1n) is 6.15. The number of hydrogen-bond acceptors (Lipinski definition) is 5. The van der Waals surface area contributed by atoms with E-state index in [4.69, 9.17) is 0 Å². The summed E-state index contributed by atoms with van der Waals surface area (Å²) in [6, 6.07) is 3.47. The molecule has 1 aromatic carbocycles. The van der Waals surface area contributed by atoms with Gasteiger partial charge in [0.05, 0.1) is 4.92 Å². The Labute approximate surface area is 116 Å². The standard InChI is InChI=1S/C13H17N3O4/c1-4-15(3)13(18)9(2)14-11-6-5-10(8-17)7-12(11)16(19)20/h5-9,14H,4H2,1-3H3. The summed E-state index contributed by atoms with van der Waals surface area (Å²) in [5, 5.41) is 13.8. The van der Waals surface area contributed by atoms with Crippen molar-refractivity contribution in [2.24, 2.45) is 0 Å². The Balaban J connectivity index is 3.00. The molecule has 7 heteroatoms. The van der Waals surface area contributed by atoms with E-state index < -0.39 is 11.0 Å². The number of anilines is 1. The molecule has 7 nitrogen and oxygen atoms in total. The Bertz CT molecular complexity index is 530. The Morgan fingerprint density at radius 3 is 2.70 bits per heavy atom. The Kier molecular flexibility index (Phi) is 5.19. The van der Waals surface area contributed by atoms with Gasteiger partial charge in [0.15, 0.2) is 0 Å². The van der Waals surface area contributed by atoms with Gasteiger partial charge in [0.2, 0.25) is 5.91 Å². The van der Waals surface area contributed by atoms with E-state index >= 15 is 0 Å². The van der Waals surface area contributed by atoms with Gasteiger partial charge in [-0.05, 0) is 26.0 Å². The molecule has 1 amide bonds. The van der Waals surface area contributed by atoms with Crippen LogP contribution >= 0.6 is 0 Å². The van der Waals surface area contributed by atoms with Crippen molar-refractivity contribution in [1.29, 1.82) is 0 Å². The van der Waals surface area contributed by atoms with Crippen LogP contribution in [0, 0.1) is 10.1 Å². The number of nitrogens with one attached hydrogen (secondary N) is 1. The van der Waals surface area contributed by atoms with E-state index in [0.29, 0.717) is 12.8 Å². The molecule has 0 aliphatic heterocycles. The number of hydrogen-bond donors (Lipinski definition) is 1. The van der Waals surface area contributed by atoms with Crippen LogP contribution in [0.5, 0.6) is 0 Å². The van der Waals surface area contributed by atoms with E-state index in [0.717, 1.165) is 0 Å². The average Bonchev–Trinajstić information content (AvgIpc) is 2.45. The van der Waals surface area contributed by atoms with Gasteiger partial charge in [-0.1, -0.05) is 0 Å². The zero-order valence-electron chi connectivity index (χ0n) is 11.6. The van der Waals surface area contributed by atoms with Gasteiger partial charge in [-0.25, -0.2) is 0 Å².